The molecule has 0 spiro atoms. The summed E-state index contributed by atoms with van der Waals surface area (Å²) >= 11 is 4.94. The summed E-state index contributed by atoms with van der Waals surface area (Å²) in [6, 6.07) is 0. The first-order valence-corrected chi connectivity index (χ1v) is 2.93. The van der Waals surface area contributed by atoms with Crippen LogP contribution in [-0.2, 0) is 4.12 Å². The molecule has 0 atom stereocenters. The van der Waals surface area contributed by atoms with E-state index in [2.05, 4.69) is 14.6 Å². The molecular weight excluding hydrogens is 108 g/mol. The van der Waals surface area contributed by atoms with E-state index in [-0.39, 0.29) is 9.07 Å². The molecule has 1 nitrogen and oxygen atoms in total. The summed E-state index contributed by atoms with van der Waals surface area (Å²) in [4.78, 5) is 0. The Morgan fingerprint density at radius 1 is 2.00 bits per heavy atom. The molecule has 0 aromatic rings. The van der Waals surface area contributed by atoms with Gasteiger partial charge < -0.3 is 4.12 Å². The highest BCUT2D eigenvalue weighted by Gasteiger charge is 1.64. The van der Waals surface area contributed by atoms with Crippen LogP contribution in [0.1, 0.15) is 0 Å². The molecule has 0 aliphatic carbocycles. The lowest BCUT2D eigenvalue weighted by atomic mass is 15.8. The van der Waals surface area contributed by atoms with E-state index in [1.165, 1.54) is 0 Å². The monoisotopic (exact) mass is 107 g/mol. The first-order chi connectivity index (χ1) is 1.91. The van der Waals surface area contributed by atoms with Crippen LogP contribution < -0.4 is 0 Å². The van der Waals surface area contributed by atoms with Crippen molar-refractivity contribution in [3.63, 3.8) is 0 Å². The van der Waals surface area contributed by atoms with Gasteiger partial charge in [0, 0.05) is 0 Å². The van der Waals surface area contributed by atoms with Crippen LogP contribution in [0.3, 0.4) is 0 Å². The Morgan fingerprint density at radius 3 is 2.25 bits per heavy atom. The molecule has 0 N–H and O–H groups in total. The lowest BCUT2D eigenvalue weighted by Crippen LogP contribution is -1.78. The normalized spacial score (nSPS) is 7.50. The maximum Gasteiger partial charge on any atom is 0.345 e. The quantitative estimate of drug-likeness (QED) is 0.335. The average molecular weight is 108 g/mol. The van der Waals surface area contributed by atoms with Crippen molar-refractivity contribution in [3.05, 3.63) is 0 Å². The summed E-state index contributed by atoms with van der Waals surface area (Å²) in [5.74, 6) is 0. The minimum absolute atomic E-state index is 0.0262. The summed E-state index contributed by atoms with van der Waals surface area (Å²) in [7, 11) is 2.69. The Bertz CT molecular complexity index is 8.00. The second-order valence-electron chi connectivity index (χ2n) is 0.179. The van der Waals surface area contributed by atoms with Crippen LogP contribution in [0.4, 0.5) is 0 Å². The third-order valence-electron chi connectivity index (χ3n) is 0.0386. The minimum atomic E-state index is 0.0262. The van der Waals surface area contributed by atoms with Gasteiger partial charge in [-0.25, -0.2) is 0 Å². The molecule has 0 aliphatic rings. The fourth-order valence-corrected chi connectivity index (χ4v) is 0. The zero-order chi connectivity index (χ0) is 3.41. The molecule has 0 fully saturated rings. The molecule has 0 rings (SSSR count). The molecule has 0 heterocycles. The Hall–Kier alpha value is 0.684. The van der Waals surface area contributed by atoms with Crippen molar-refractivity contribution in [1.29, 1.82) is 0 Å². The molecule has 0 aromatic carbocycles. The first kappa shape index (κ1) is 4.68. The highest BCUT2D eigenvalue weighted by molar-refractivity contribution is 6.91. The van der Waals surface area contributed by atoms with Crippen molar-refractivity contribution in [2.24, 2.45) is 0 Å². The minimum Gasteiger partial charge on any atom is -0.445 e. The van der Waals surface area contributed by atoms with Crippen LogP contribution in [-0.4, -0.2) is 19.6 Å². The van der Waals surface area contributed by atoms with Crippen LogP contribution in [0.2, 0.25) is 0 Å². The second-order valence-corrected chi connectivity index (χ2v) is 1.61. The summed E-state index contributed by atoms with van der Waals surface area (Å²) in [5, 5.41) is 0. The summed E-state index contributed by atoms with van der Waals surface area (Å²) in [6.07, 6.45) is 0. The van der Waals surface area contributed by atoms with Gasteiger partial charge in [0.1, 0.15) is 0 Å². The van der Waals surface area contributed by atoms with E-state index in [4.69, 9.17) is 11.1 Å². The van der Waals surface area contributed by atoms with Crippen molar-refractivity contribution in [2.45, 2.75) is 0 Å². The molecule has 21 valence electrons. The van der Waals surface area contributed by atoms with Crippen LogP contribution in [0.5, 0.6) is 0 Å². The van der Waals surface area contributed by atoms with Crippen molar-refractivity contribution >= 4 is 30.6 Å². The fourth-order valence-electron chi connectivity index (χ4n) is 0. The number of hydrogen-bond acceptors (Lipinski definition) is 1. The van der Waals surface area contributed by atoms with Gasteiger partial charge in [-0.05, 0) is 0 Å². The second kappa shape index (κ2) is 3.68. The number of halogens is 1. The van der Waals surface area contributed by atoms with Gasteiger partial charge in [0.2, 0.25) is 10.5 Å². The lowest BCUT2D eigenvalue weighted by Gasteiger charge is -1.69. The molecule has 0 bridgehead atoms. The molecule has 0 aromatic heterocycles. The maximum atomic E-state index is 4.94. The number of hydrogen-bond donors (Lipinski definition) is 0. The van der Waals surface area contributed by atoms with E-state index >= 15 is 0 Å². The third kappa shape index (κ3) is 2.68. The molecular formula is ClOSi2. The Balaban J connectivity index is 1.97. The van der Waals surface area contributed by atoms with Gasteiger partial charge in [0.05, 0.1) is 0 Å². The summed E-state index contributed by atoms with van der Waals surface area (Å²) in [6.45, 7) is 0. The predicted octanol–water partition coefficient (Wildman–Crippen LogP) is -0.141. The van der Waals surface area contributed by atoms with Gasteiger partial charge >= 0.3 is 9.07 Å². The zero-order valence-corrected chi connectivity index (χ0v) is 4.54. The molecule has 4 heavy (non-hydrogen) atoms. The topological polar surface area (TPSA) is 9.23 Å². The SMILES string of the molecule is [Si]O[Si]Cl. The van der Waals surface area contributed by atoms with Gasteiger partial charge in [0.25, 0.3) is 0 Å². The fraction of sp³-hybridized carbons (Fsp3) is 0. The first-order valence-electron chi connectivity index (χ1n) is 0.597. The Morgan fingerprint density at radius 2 is 2.25 bits per heavy atom. The predicted molar refractivity (Wildman–Crippen MR) is 18.4 cm³/mol. The summed E-state index contributed by atoms with van der Waals surface area (Å²) < 4.78 is 4.14. The van der Waals surface area contributed by atoms with Crippen molar-refractivity contribution in [2.75, 3.05) is 0 Å². The number of rotatable bonds is 1. The molecule has 0 aliphatic heterocycles. The van der Waals surface area contributed by atoms with Gasteiger partial charge in [-0.2, -0.15) is 0 Å². The van der Waals surface area contributed by atoms with Gasteiger partial charge in [-0.1, -0.05) is 0 Å². The molecule has 5 radical (unpaired) electrons. The Kier molecular flexibility index (Phi) is 4.31. The van der Waals surface area contributed by atoms with Crippen LogP contribution in [0.25, 0.3) is 0 Å². The highest BCUT2D eigenvalue weighted by atomic mass is 35.6. The van der Waals surface area contributed by atoms with Crippen molar-refractivity contribution in [3.8, 4) is 0 Å². The van der Waals surface area contributed by atoms with E-state index in [1.807, 2.05) is 0 Å². The molecule has 0 unspecified atom stereocenters. The lowest BCUT2D eigenvalue weighted by molar-refractivity contribution is 0.683. The average Bonchev–Trinajstić information content (AvgIpc) is 1.37. The standard InChI is InChI=1S/ClOSi2/c1-4-2-3. The molecule has 0 saturated carbocycles. The molecule has 0 amide bonds. The van der Waals surface area contributed by atoms with E-state index in [1.54, 1.807) is 0 Å². The highest BCUT2D eigenvalue weighted by Crippen LogP contribution is 1.59. The van der Waals surface area contributed by atoms with Gasteiger partial charge in [-0.3, -0.25) is 0 Å². The molecule has 4 heteroatoms. The van der Waals surface area contributed by atoms with Gasteiger partial charge in [0.15, 0.2) is 0 Å². The van der Waals surface area contributed by atoms with E-state index < -0.39 is 0 Å². The smallest absolute Gasteiger partial charge is 0.345 e. The molecule has 0 saturated heterocycles. The van der Waals surface area contributed by atoms with Crippen molar-refractivity contribution < 1.29 is 4.12 Å². The van der Waals surface area contributed by atoms with Crippen LogP contribution in [0.15, 0.2) is 0 Å². The maximum absolute atomic E-state index is 4.94. The van der Waals surface area contributed by atoms with Crippen LogP contribution in [0, 0.1) is 0 Å². The third-order valence-corrected chi connectivity index (χ3v) is 1.04. The Labute approximate surface area is 35.5 Å². The van der Waals surface area contributed by atoms with Crippen LogP contribution >= 0.6 is 11.1 Å². The van der Waals surface area contributed by atoms with E-state index in [0.717, 1.165) is 0 Å². The van der Waals surface area contributed by atoms with Crippen molar-refractivity contribution in [1.82, 2.24) is 0 Å². The van der Waals surface area contributed by atoms with E-state index in [9.17, 15) is 0 Å². The summed E-state index contributed by atoms with van der Waals surface area (Å²) in [5.41, 5.74) is 0. The van der Waals surface area contributed by atoms with Gasteiger partial charge in [-0.15, -0.1) is 11.1 Å². The van der Waals surface area contributed by atoms with E-state index in [0.29, 0.717) is 0 Å². The largest absolute Gasteiger partial charge is 0.445 e. The zero-order valence-electron chi connectivity index (χ0n) is 1.79.